The first-order valence-electron chi connectivity index (χ1n) is 6.78. The van der Waals surface area contributed by atoms with Crippen LogP contribution >= 0.6 is 0 Å². The van der Waals surface area contributed by atoms with Crippen LogP contribution in [0.5, 0.6) is 0 Å². The fourth-order valence-electron chi connectivity index (χ4n) is 1.75. The Balaban J connectivity index is 4.47. The van der Waals surface area contributed by atoms with Crippen molar-refractivity contribution in [2.45, 2.75) is 46.3 Å². The normalized spacial score (nSPS) is 13.6. The zero-order chi connectivity index (χ0) is 14.4. The van der Waals surface area contributed by atoms with Crippen LogP contribution in [-0.2, 0) is 9.84 Å². The predicted molar refractivity (Wildman–Crippen MR) is 78.5 cm³/mol. The number of rotatable bonds is 9. The van der Waals surface area contributed by atoms with Crippen LogP contribution in [0.1, 0.15) is 41.0 Å². The van der Waals surface area contributed by atoms with Crippen LogP contribution < -0.4 is 5.73 Å². The third-order valence-electron chi connectivity index (χ3n) is 3.15. The molecule has 0 saturated carbocycles. The van der Waals surface area contributed by atoms with Crippen LogP contribution in [0.25, 0.3) is 0 Å². The fourth-order valence-corrected chi connectivity index (χ4v) is 2.73. The molecule has 0 saturated heterocycles. The Labute approximate surface area is 113 Å². The molecule has 0 aromatic carbocycles. The fraction of sp³-hybridized carbons (Fsp3) is 1.00. The van der Waals surface area contributed by atoms with E-state index >= 15 is 0 Å². The molecule has 4 nitrogen and oxygen atoms in total. The van der Waals surface area contributed by atoms with Crippen molar-refractivity contribution in [3.05, 3.63) is 0 Å². The SMILES string of the molecule is CCCN(CCS(=O)(=O)C(C)C)CC(C)(C)CN. The van der Waals surface area contributed by atoms with Crippen molar-refractivity contribution in [2.24, 2.45) is 11.1 Å². The zero-order valence-corrected chi connectivity index (χ0v) is 13.4. The first-order chi connectivity index (χ1) is 8.14. The molecule has 0 aliphatic rings. The summed E-state index contributed by atoms with van der Waals surface area (Å²) in [5.41, 5.74) is 5.77. The Kier molecular flexibility index (Phi) is 7.40. The van der Waals surface area contributed by atoms with Gasteiger partial charge < -0.3 is 10.6 Å². The minimum Gasteiger partial charge on any atom is -0.330 e. The van der Waals surface area contributed by atoms with Gasteiger partial charge in [0.2, 0.25) is 0 Å². The van der Waals surface area contributed by atoms with E-state index in [9.17, 15) is 8.42 Å². The maximum absolute atomic E-state index is 11.8. The van der Waals surface area contributed by atoms with E-state index in [1.165, 1.54) is 0 Å². The minimum atomic E-state index is -2.95. The summed E-state index contributed by atoms with van der Waals surface area (Å²) in [6.45, 7) is 12.8. The number of nitrogens with zero attached hydrogens (tertiary/aromatic N) is 1. The highest BCUT2D eigenvalue weighted by Gasteiger charge is 2.22. The molecule has 0 bridgehead atoms. The third-order valence-corrected chi connectivity index (χ3v) is 5.34. The average Bonchev–Trinajstić information content (AvgIpc) is 2.26. The van der Waals surface area contributed by atoms with Crippen molar-refractivity contribution in [1.82, 2.24) is 4.90 Å². The van der Waals surface area contributed by atoms with Gasteiger partial charge in [0.1, 0.15) is 0 Å². The molecular weight excluding hydrogens is 248 g/mol. The molecule has 0 unspecified atom stereocenters. The molecule has 0 radical (unpaired) electrons. The molecular formula is C13H30N2O2S. The number of sulfone groups is 1. The Bertz CT molecular complexity index is 324. The minimum absolute atomic E-state index is 0.0385. The van der Waals surface area contributed by atoms with Crippen LogP contribution in [0.4, 0.5) is 0 Å². The largest absolute Gasteiger partial charge is 0.330 e. The number of hydrogen-bond acceptors (Lipinski definition) is 4. The van der Waals surface area contributed by atoms with Gasteiger partial charge in [-0.1, -0.05) is 20.8 Å². The smallest absolute Gasteiger partial charge is 0.153 e. The Hall–Kier alpha value is -0.130. The molecule has 0 rings (SSSR count). The van der Waals surface area contributed by atoms with Gasteiger partial charge in [-0.25, -0.2) is 8.42 Å². The molecule has 0 heterocycles. The molecule has 0 aliphatic carbocycles. The van der Waals surface area contributed by atoms with Gasteiger partial charge in [0.15, 0.2) is 9.84 Å². The van der Waals surface area contributed by atoms with E-state index in [4.69, 9.17) is 5.73 Å². The van der Waals surface area contributed by atoms with Gasteiger partial charge in [0.05, 0.1) is 11.0 Å². The summed E-state index contributed by atoms with van der Waals surface area (Å²) in [6, 6.07) is 0. The van der Waals surface area contributed by atoms with Gasteiger partial charge in [0, 0.05) is 13.1 Å². The second-order valence-electron chi connectivity index (χ2n) is 6.06. The molecule has 0 aromatic heterocycles. The monoisotopic (exact) mass is 278 g/mol. The van der Waals surface area contributed by atoms with E-state index in [0.29, 0.717) is 13.1 Å². The van der Waals surface area contributed by atoms with E-state index in [2.05, 4.69) is 25.7 Å². The van der Waals surface area contributed by atoms with Crippen molar-refractivity contribution in [3.63, 3.8) is 0 Å². The quantitative estimate of drug-likeness (QED) is 0.694. The van der Waals surface area contributed by atoms with E-state index in [1.807, 2.05) is 0 Å². The lowest BCUT2D eigenvalue weighted by Crippen LogP contribution is -2.41. The number of hydrogen-bond donors (Lipinski definition) is 1. The van der Waals surface area contributed by atoms with Gasteiger partial charge in [-0.05, 0) is 38.8 Å². The highest BCUT2D eigenvalue weighted by Crippen LogP contribution is 2.15. The van der Waals surface area contributed by atoms with Gasteiger partial charge in [-0.2, -0.15) is 0 Å². The summed E-state index contributed by atoms with van der Waals surface area (Å²) in [5, 5.41) is -0.288. The predicted octanol–water partition coefficient (Wildman–Crippen LogP) is 1.51. The molecule has 5 heteroatoms. The molecule has 0 spiro atoms. The van der Waals surface area contributed by atoms with Crippen molar-refractivity contribution >= 4 is 9.84 Å². The van der Waals surface area contributed by atoms with Crippen LogP contribution in [0, 0.1) is 5.41 Å². The summed E-state index contributed by atoms with van der Waals surface area (Å²) in [6.07, 6.45) is 1.03. The lowest BCUT2D eigenvalue weighted by molar-refractivity contribution is 0.191. The molecule has 0 amide bonds. The standard InChI is InChI=1S/C13H30N2O2S/c1-6-7-15(11-13(4,5)10-14)8-9-18(16,17)12(2)3/h12H,6-11,14H2,1-5H3. The third kappa shape index (κ3) is 6.71. The lowest BCUT2D eigenvalue weighted by Gasteiger charge is -2.31. The van der Waals surface area contributed by atoms with Crippen LogP contribution in [-0.4, -0.2) is 50.5 Å². The topological polar surface area (TPSA) is 63.4 Å². The van der Waals surface area contributed by atoms with Crippen molar-refractivity contribution in [3.8, 4) is 0 Å². The van der Waals surface area contributed by atoms with E-state index in [0.717, 1.165) is 19.5 Å². The zero-order valence-electron chi connectivity index (χ0n) is 12.6. The second kappa shape index (κ2) is 7.46. The van der Waals surface area contributed by atoms with Crippen molar-refractivity contribution in [2.75, 3.05) is 31.9 Å². The Morgan fingerprint density at radius 1 is 1.22 bits per heavy atom. The maximum atomic E-state index is 11.8. The summed E-state index contributed by atoms with van der Waals surface area (Å²) in [4.78, 5) is 2.22. The van der Waals surface area contributed by atoms with E-state index in [1.54, 1.807) is 13.8 Å². The van der Waals surface area contributed by atoms with Gasteiger partial charge >= 0.3 is 0 Å². The van der Waals surface area contributed by atoms with E-state index < -0.39 is 9.84 Å². The summed E-state index contributed by atoms with van der Waals surface area (Å²) >= 11 is 0. The summed E-state index contributed by atoms with van der Waals surface area (Å²) in [5.74, 6) is 0.241. The van der Waals surface area contributed by atoms with Crippen LogP contribution in [0.15, 0.2) is 0 Å². The van der Waals surface area contributed by atoms with Gasteiger partial charge in [0.25, 0.3) is 0 Å². The molecule has 110 valence electrons. The van der Waals surface area contributed by atoms with Gasteiger partial charge in [-0.3, -0.25) is 0 Å². The van der Waals surface area contributed by atoms with E-state index in [-0.39, 0.29) is 16.4 Å². The summed E-state index contributed by atoms with van der Waals surface area (Å²) < 4.78 is 23.6. The average molecular weight is 278 g/mol. The first kappa shape index (κ1) is 17.9. The molecule has 0 aliphatic heterocycles. The molecule has 0 fully saturated rings. The van der Waals surface area contributed by atoms with Crippen molar-refractivity contribution < 1.29 is 8.42 Å². The van der Waals surface area contributed by atoms with Crippen LogP contribution in [0.2, 0.25) is 0 Å². The van der Waals surface area contributed by atoms with Gasteiger partial charge in [-0.15, -0.1) is 0 Å². The highest BCUT2D eigenvalue weighted by molar-refractivity contribution is 7.92. The maximum Gasteiger partial charge on any atom is 0.153 e. The Morgan fingerprint density at radius 3 is 2.17 bits per heavy atom. The highest BCUT2D eigenvalue weighted by atomic mass is 32.2. The molecule has 0 aromatic rings. The number of nitrogens with two attached hydrogens (primary N) is 1. The molecule has 2 N–H and O–H groups in total. The lowest BCUT2D eigenvalue weighted by atomic mass is 9.93. The van der Waals surface area contributed by atoms with Crippen molar-refractivity contribution in [1.29, 1.82) is 0 Å². The van der Waals surface area contributed by atoms with Crippen LogP contribution in [0.3, 0.4) is 0 Å². The second-order valence-corrected chi connectivity index (χ2v) is 8.74. The molecule has 0 atom stereocenters. The molecule has 18 heavy (non-hydrogen) atoms. The Morgan fingerprint density at radius 2 is 1.78 bits per heavy atom. The first-order valence-corrected chi connectivity index (χ1v) is 8.50. The summed E-state index contributed by atoms with van der Waals surface area (Å²) in [7, 11) is -2.95.